The molecule has 0 aliphatic carbocycles. The second kappa shape index (κ2) is 5.77. The zero-order chi connectivity index (χ0) is 12.9. The molecule has 0 aliphatic rings. The summed E-state index contributed by atoms with van der Waals surface area (Å²) in [6, 6.07) is 3.56. The van der Waals surface area contributed by atoms with Crippen LogP contribution < -0.4 is 5.73 Å². The molecule has 0 aromatic carbocycles. The number of carbonyl (C=O) groups excluding carboxylic acids is 1. The topological polar surface area (TPSA) is 59.2 Å². The van der Waals surface area contributed by atoms with Crippen molar-refractivity contribution in [2.24, 2.45) is 11.1 Å². The number of hydrogen-bond acceptors (Lipinski definition) is 3. The van der Waals surface area contributed by atoms with E-state index in [1.807, 2.05) is 11.8 Å². The van der Waals surface area contributed by atoms with E-state index >= 15 is 0 Å². The molecular weight excluding hydrogens is 214 g/mol. The SMILES string of the molecule is CCN(CC(C)(C)CN)C(=O)c1cccnc1. The molecule has 4 heteroatoms. The fraction of sp³-hybridized carbons (Fsp3) is 0.538. The molecule has 0 unspecified atom stereocenters. The van der Waals surface area contributed by atoms with E-state index in [9.17, 15) is 4.79 Å². The summed E-state index contributed by atoms with van der Waals surface area (Å²) in [5.74, 6) is 0.0159. The molecule has 0 atom stereocenters. The van der Waals surface area contributed by atoms with E-state index in [-0.39, 0.29) is 11.3 Å². The van der Waals surface area contributed by atoms with Crippen LogP contribution in [0.15, 0.2) is 24.5 Å². The molecule has 0 fully saturated rings. The standard InChI is InChI=1S/C13H21N3O/c1-4-16(10-13(2,3)9-14)12(17)11-6-5-7-15-8-11/h5-8H,4,9-10,14H2,1-3H3. The van der Waals surface area contributed by atoms with Crippen LogP contribution in [0, 0.1) is 5.41 Å². The minimum atomic E-state index is -0.0616. The van der Waals surface area contributed by atoms with Crippen LogP contribution >= 0.6 is 0 Å². The second-order valence-electron chi connectivity index (χ2n) is 4.93. The molecule has 2 N–H and O–H groups in total. The van der Waals surface area contributed by atoms with Crippen molar-refractivity contribution in [3.8, 4) is 0 Å². The Bertz CT molecular complexity index is 362. The highest BCUT2D eigenvalue weighted by atomic mass is 16.2. The van der Waals surface area contributed by atoms with Crippen LogP contribution in [0.1, 0.15) is 31.1 Å². The molecule has 0 radical (unpaired) electrons. The Morgan fingerprint density at radius 3 is 2.71 bits per heavy atom. The molecule has 1 aromatic heterocycles. The number of pyridine rings is 1. The molecule has 17 heavy (non-hydrogen) atoms. The van der Waals surface area contributed by atoms with Gasteiger partial charge in [0.25, 0.3) is 5.91 Å². The van der Waals surface area contributed by atoms with Gasteiger partial charge in [0.05, 0.1) is 5.56 Å². The van der Waals surface area contributed by atoms with Crippen LogP contribution in [0.25, 0.3) is 0 Å². The summed E-state index contributed by atoms with van der Waals surface area (Å²) < 4.78 is 0. The average molecular weight is 235 g/mol. The van der Waals surface area contributed by atoms with Gasteiger partial charge in [-0.2, -0.15) is 0 Å². The summed E-state index contributed by atoms with van der Waals surface area (Å²) in [6.45, 7) is 7.99. The van der Waals surface area contributed by atoms with Gasteiger partial charge in [-0.3, -0.25) is 9.78 Å². The predicted molar refractivity (Wildman–Crippen MR) is 68.6 cm³/mol. The zero-order valence-electron chi connectivity index (χ0n) is 10.8. The van der Waals surface area contributed by atoms with Crippen molar-refractivity contribution < 1.29 is 4.79 Å². The van der Waals surface area contributed by atoms with E-state index in [0.29, 0.717) is 25.2 Å². The third-order valence-electron chi connectivity index (χ3n) is 2.75. The van der Waals surface area contributed by atoms with E-state index in [1.54, 1.807) is 24.5 Å². The Balaban J connectivity index is 2.78. The minimum absolute atomic E-state index is 0.0159. The maximum absolute atomic E-state index is 12.2. The fourth-order valence-corrected chi connectivity index (χ4v) is 1.58. The number of carbonyl (C=O) groups is 1. The Hall–Kier alpha value is -1.42. The smallest absolute Gasteiger partial charge is 0.255 e. The van der Waals surface area contributed by atoms with Gasteiger partial charge in [0, 0.05) is 25.5 Å². The molecule has 0 saturated heterocycles. The highest BCUT2D eigenvalue weighted by Crippen LogP contribution is 2.16. The molecule has 4 nitrogen and oxygen atoms in total. The van der Waals surface area contributed by atoms with Gasteiger partial charge >= 0.3 is 0 Å². The largest absolute Gasteiger partial charge is 0.338 e. The van der Waals surface area contributed by atoms with Crippen LogP contribution in [-0.2, 0) is 0 Å². The number of aromatic nitrogens is 1. The minimum Gasteiger partial charge on any atom is -0.338 e. The van der Waals surface area contributed by atoms with Gasteiger partial charge in [0.15, 0.2) is 0 Å². The first-order valence-electron chi connectivity index (χ1n) is 5.89. The van der Waals surface area contributed by atoms with Gasteiger partial charge in [-0.25, -0.2) is 0 Å². The fourth-order valence-electron chi connectivity index (χ4n) is 1.58. The summed E-state index contributed by atoms with van der Waals surface area (Å²) >= 11 is 0. The van der Waals surface area contributed by atoms with Crippen LogP contribution in [-0.4, -0.2) is 35.4 Å². The molecule has 1 aromatic rings. The summed E-state index contributed by atoms with van der Waals surface area (Å²) in [5.41, 5.74) is 6.26. The third-order valence-corrected chi connectivity index (χ3v) is 2.75. The van der Waals surface area contributed by atoms with Gasteiger partial charge in [0.2, 0.25) is 0 Å². The van der Waals surface area contributed by atoms with Crippen molar-refractivity contribution in [3.63, 3.8) is 0 Å². The van der Waals surface area contributed by atoms with E-state index in [0.717, 1.165) is 0 Å². The van der Waals surface area contributed by atoms with Crippen molar-refractivity contribution >= 4 is 5.91 Å². The number of rotatable bonds is 5. The number of nitrogens with two attached hydrogens (primary N) is 1. The van der Waals surface area contributed by atoms with Crippen molar-refractivity contribution in [3.05, 3.63) is 30.1 Å². The van der Waals surface area contributed by atoms with Gasteiger partial charge in [-0.1, -0.05) is 13.8 Å². The van der Waals surface area contributed by atoms with E-state index in [4.69, 9.17) is 5.73 Å². The molecule has 94 valence electrons. The van der Waals surface area contributed by atoms with Crippen molar-refractivity contribution in [2.75, 3.05) is 19.6 Å². The van der Waals surface area contributed by atoms with Crippen molar-refractivity contribution in [2.45, 2.75) is 20.8 Å². The molecular formula is C13H21N3O. The average Bonchev–Trinajstić information content (AvgIpc) is 2.36. The third kappa shape index (κ3) is 3.82. The van der Waals surface area contributed by atoms with Gasteiger partial charge in [-0.15, -0.1) is 0 Å². The summed E-state index contributed by atoms with van der Waals surface area (Å²) in [6.07, 6.45) is 3.26. The number of amides is 1. The zero-order valence-corrected chi connectivity index (χ0v) is 10.8. The number of hydrogen-bond donors (Lipinski definition) is 1. The summed E-state index contributed by atoms with van der Waals surface area (Å²) in [7, 11) is 0. The Labute approximate surface area is 103 Å². The molecule has 0 aliphatic heterocycles. The van der Waals surface area contributed by atoms with Crippen LogP contribution in [0.5, 0.6) is 0 Å². The van der Waals surface area contributed by atoms with E-state index in [1.165, 1.54) is 0 Å². The molecule has 0 bridgehead atoms. The summed E-state index contributed by atoms with van der Waals surface area (Å²) in [5, 5.41) is 0. The monoisotopic (exact) mass is 235 g/mol. The van der Waals surface area contributed by atoms with Crippen molar-refractivity contribution in [1.29, 1.82) is 0 Å². The molecule has 1 rings (SSSR count). The Kier molecular flexibility index (Phi) is 4.63. The first kappa shape index (κ1) is 13.6. The molecule has 1 amide bonds. The predicted octanol–water partition coefficient (Wildman–Crippen LogP) is 1.53. The Morgan fingerprint density at radius 1 is 1.53 bits per heavy atom. The highest BCUT2D eigenvalue weighted by molar-refractivity contribution is 5.93. The molecule has 1 heterocycles. The lowest BCUT2D eigenvalue weighted by Crippen LogP contribution is -2.42. The van der Waals surface area contributed by atoms with Crippen molar-refractivity contribution in [1.82, 2.24) is 9.88 Å². The molecule has 0 saturated carbocycles. The first-order valence-corrected chi connectivity index (χ1v) is 5.89. The highest BCUT2D eigenvalue weighted by Gasteiger charge is 2.23. The van der Waals surface area contributed by atoms with E-state index < -0.39 is 0 Å². The lowest BCUT2D eigenvalue weighted by atomic mass is 9.93. The maximum atomic E-state index is 12.2. The maximum Gasteiger partial charge on any atom is 0.255 e. The van der Waals surface area contributed by atoms with Gasteiger partial charge < -0.3 is 10.6 Å². The van der Waals surface area contributed by atoms with Crippen LogP contribution in [0.4, 0.5) is 0 Å². The quantitative estimate of drug-likeness (QED) is 0.842. The molecule has 0 spiro atoms. The van der Waals surface area contributed by atoms with E-state index in [2.05, 4.69) is 18.8 Å². The van der Waals surface area contributed by atoms with Crippen LogP contribution in [0.2, 0.25) is 0 Å². The second-order valence-corrected chi connectivity index (χ2v) is 4.93. The lowest BCUT2D eigenvalue weighted by Gasteiger charge is -2.31. The van der Waals surface area contributed by atoms with Gasteiger partial charge in [-0.05, 0) is 31.0 Å². The Morgan fingerprint density at radius 2 is 2.24 bits per heavy atom. The van der Waals surface area contributed by atoms with Crippen LogP contribution in [0.3, 0.4) is 0 Å². The van der Waals surface area contributed by atoms with Gasteiger partial charge in [0.1, 0.15) is 0 Å². The number of nitrogens with zero attached hydrogens (tertiary/aromatic N) is 2. The lowest BCUT2D eigenvalue weighted by molar-refractivity contribution is 0.0700. The summed E-state index contributed by atoms with van der Waals surface area (Å²) in [4.78, 5) is 18.0. The normalized spacial score (nSPS) is 11.3. The first-order chi connectivity index (χ1) is 8.00.